The van der Waals surface area contributed by atoms with Gasteiger partial charge in [0.2, 0.25) is 0 Å². The molecule has 0 bridgehead atoms. The Labute approximate surface area is 123 Å². The first kappa shape index (κ1) is 14.6. The Bertz CT molecular complexity index is 653. The van der Waals surface area contributed by atoms with Crippen molar-refractivity contribution in [2.75, 3.05) is 0 Å². The lowest BCUT2D eigenvalue weighted by Gasteiger charge is -2.14. The van der Waals surface area contributed by atoms with Crippen LogP contribution in [-0.2, 0) is 6.42 Å². The highest BCUT2D eigenvalue weighted by atomic mass is 35.5. The minimum atomic E-state index is -0.579. The maximum Gasteiger partial charge on any atom is 0.129 e. The molecule has 0 amide bonds. The van der Waals surface area contributed by atoms with Crippen molar-refractivity contribution in [3.8, 4) is 6.07 Å². The van der Waals surface area contributed by atoms with Crippen molar-refractivity contribution in [1.29, 1.82) is 5.26 Å². The number of nitrogens with zero attached hydrogens (tertiary/aromatic N) is 1. The molecule has 1 unspecified atom stereocenters. The van der Waals surface area contributed by atoms with Crippen LogP contribution in [0, 0.1) is 31.0 Å². The summed E-state index contributed by atoms with van der Waals surface area (Å²) in [4.78, 5) is 0. The molecule has 3 heteroatoms. The monoisotopic (exact) mass is 287 g/mol. The molecule has 0 N–H and O–H groups in total. The van der Waals surface area contributed by atoms with Crippen molar-refractivity contribution in [3.63, 3.8) is 0 Å². The quantitative estimate of drug-likeness (QED) is 0.784. The smallest absolute Gasteiger partial charge is 0.129 e. The average Bonchev–Trinajstić information content (AvgIpc) is 2.41. The van der Waals surface area contributed by atoms with E-state index in [2.05, 4.69) is 6.07 Å². The standard InChI is InChI=1S/C17H15ClFN/c1-11-6-7-12(2)13(8-11)9-14(10-20)17-15(18)4-3-5-16(17)19/h3-8,14H,9H2,1-2H3. The van der Waals surface area contributed by atoms with Crippen LogP contribution in [0.4, 0.5) is 4.39 Å². The first-order valence-corrected chi connectivity index (χ1v) is 6.80. The van der Waals surface area contributed by atoms with E-state index < -0.39 is 11.7 Å². The molecule has 2 aromatic carbocycles. The fourth-order valence-electron chi connectivity index (χ4n) is 2.30. The Morgan fingerprint density at radius 3 is 2.65 bits per heavy atom. The van der Waals surface area contributed by atoms with Gasteiger partial charge in [-0.3, -0.25) is 0 Å². The Hall–Kier alpha value is -1.85. The average molecular weight is 288 g/mol. The molecule has 0 heterocycles. The first-order chi connectivity index (χ1) is 9.52. The molecule has 0 aromatic heterocycles. The fraction of sp³-hybridized carbons (Fsp3) is 0.235. The Morgan fingerprint density at radius 2 is 2.00 bits per heavy atom. The number of nitriles is 1. The number of hydrogen-bond acceptors (Lipinski definition) is 1. The van der Waals surface area contributed by atoms with Gasteiger partial charge in [-0.15, -0.1) is 0 Å². The Morgan fingerprint density at radius 1 is 1.25 bits per heavy atom. The molecule has 0 fully saturated rings. The maximum absolute atomic E-state index is 13.9. The Kier molecular flexibility index (Phi) is 4.42. The van der Waals surface area contributed by atoms with Crippen LogP contribution in [0.15, 0.2) is 36.4 Å². The summed E-state index contributed by atoms with van der Waals surface area (Å²) in [6.45, 7) is 3.99. The molecule has 102 valence electrons. The predicted octanol–water partition coefficient (Wildman–Crippen LogP) is 4.95. The summed E-state index contributed by atoms with van der Waals surface area (Å²) in [5, 5.41) is 9.68. The van der Waals surface area contributed by atoms with E-state index in [1.165, 1.54) is 6.07 Å². The third-order valence-electron chi connectivity index (χ3n) is 3.43. The number of halogens is 2. The molecule has 0 saturated heterocycles. The van der Waals surface area contributed by atoms with Crippen LogP contribution in [0.1, 0.15) is 28.2 Å². The van der Waals surface area contributed by atoms with Crippen molar-refractivity contribution in [3.05, 3.63) is 69.5 Å². The molecule has 0 spiro atoms. The van der Waals surface area contributed by atoms with E-state index in [0.717, 1.165) is 16.7 Å². The van der Waals surface area contributed by atoms with Crippen LogP contribution in [0.2, 0.25) is 5.02 Å². The van der Waals surface area contributed by atoms with Gasteiger partial charge in [-0.1, -0.05) is 41.4 Å². The van der Waals surface area contributed by atoms with Crippen LogP contribution >= 0.6 is 11.6 Å². The number of benzene rings is 2. The molecule has 1 atom stereocenters. The van der Waals surface area contributed by atoms with E-state index in [-0.39, 0.29) is 5.56 Å². The summed E-state index contributed by atoms with van der Waals surface area (Å²) in [6.07, 6.45) is 0.463. The summed E-state index contributed by atoms with van der Waals surface area (Å²) in [5.41, 5.74) is 3.57. The van der Waals surface area contributed by atoms with E-state index in [1.54, 1.807) is 12.1 Å². The van der Waals surface area contributed by atoms with E-state index in [1.807, 2.05) is 32.0 Å². The van der Waals surface area contributed by atoms with Crippen molar-refractivity contribution >= 4 is 11.6 Å². The zero-order valence-electron chi connectivity index (χ0n) is 11.5. The number of hydrogen-bond donors (Lipinski definition) is 0. The molecular weight excluding hydrogens is 273 g/mol. The summed E-state index contributed by atoms with van der Waals surface area (Å²) < 4.78 is 13.9. The molecule has 2 rings (SSSR count). The van der Waals surface area contributed by atoms with Crippen LogP contribution < -0.4 is 0 Å². The second kappa shape index (κ2) is 6.07. The van der Waals surface area contributed by atoms with Crippen LogP contribution in [0.5, 0.6) is 0 Å². The molecule has 1 nitrogen and oxygen atoms in total. The van der Waals surface area contributed by atoms with Crippen molar-refractivity contribution in [2.24, 2.45) is 0 Å². The van der Waals surface area contributed by atoms with Gasteiger partial charge in [-0.25, -0.2) is 4.39 Å². The molecule has 0 radical (unpaired) electrons. The van der Waals surface area contributed by atoms with Crippen LogP contribution in [0.25, 0.3) is 0 Å². The lowest BCUT2D eigenvalue weighted by molar-refractivity contribution is 0.600. The number of rotatable bonds is 3. The summed E-state index contributed by atoms with van der Waals surface area (Å²) in [6, 6.07) is 12.8. The van der Waals surface area contributed by atoms with Crippen LogP contribution in [-0.4, -0.2) is 0 Å². The minimum Gasteiger partial charge on any atom is -0.207 e. The maximum atomic E-state index is 13.9. The summed E-state index contributed by atoms with van der Waals surface area (Å²) >= 11 is 6.05. The van der Waals surface area contributed by atoms with Gasteiger partial charge in [0.1, 0.15) is 5.82 Å². The molecule has 20 heavy (non-hydrogen) atoms. The lowest BCUT2D eigenvalue weighted by Crippen LogP contribution is -2.05. The zero-order chi connectivity index (χ0) is 14.7. The van der Waals surface area contributed by atoms with Crippen molar-refractivity contribution in [1.82, 2.24) is 0 Å². The van der Waals surface area contributed by atoms with Gasteiger partial charge in [-0.05, 0) is 43.5 Å². The van der Waals surface area contributed by atoms with E-state index in [9.17, 15) is 9.65 Å². The normalized spacial score (nSPS) is 11.9. The topological polar surface area (TPSA) is 23.8 Å². The highest BCUT2D eigenvalue weighted by Crippen LogP contribution is 2.30. The third kappa shape index (κ3) is 3.00. The SMILES string of the molecule is Cc1ccc(C)c(CC(C#N)c2c(F)cccc2Cl)c1. The largest absolute Gasteiger partial charge is 0.207 e. The van der Waals surface area contributed by atoms with Gasteiger partial charge in [0.05, 0.1) is 12.0 Å². The van der Waals surface area contributed by atoms with Gasteiger partial charge >= 0.3 is 0 Å². The second-order valence-electron chi connectivity index (χ2n) is 4.95. The molecule has 2 aromatic rings. The fourth-order valence-corrected chi connectivity index (χ4v) is 2.59. The Balaban J connectivity index is 2.40. The van der Waals surface area contributed by atoms with Crippen molar-refractivity contribution < 1.29 is 4.39 Å². The van der Waals surface area contributed by atoms with Gasteiger partial charge in [-0.2, -0.15) is 5.26 Å². The second-order valence-corrected chi connectivity index (χ2v) is 5.36. The lowest BCUT2D eigenvalue weighted by atomic mass is 9.90. The predicted molar refractivity (Wildman–Crippen MR) is 79.4 cm³/mol. The van der Waals surface area contributed by atoms with Crippen molar-refractivity contribution in [2.45, 2.75) is 26.2 Å². The molecule has 0 saturated carbocycles. The van der Waals surface area contributed by atoms with E-state index in [4.69, 9.17) is 11.6 Å². The molecular formula is C17H15ClFN. The van der Waals surface area contributed by atoms with Gasteiger partial charge in [0.25, 0.3) is 0 Å². The first-order valence-electron chi connectivity index (χ1n) is 6.42. The van der Waals surface area contributed by atoms with Gasteiger partial charge < -0.3 is 0 Å². The highest BCUT2D eigenvalue weighted by molar-refractivity contribution is 6.31. The minimum absolute atomic E-state index is 0.289. The molecule has 0 aliphatic carbocycles. The van der Waals surface area contributed by atoms with Gasteiger partial charge in [0.15, 0.2) is 0 Å². The molecule has 0 aliphatic heterocycles. The highest BCUT2D eigenvalue weighted by Gasteiger charge is 2.20. The van der Waals surface area contributed by atoms with E-state index >= 15 is 0 Å². The van der Waals surface area contributed by atoms with Gasteiger partial charge in [0, 0.05) is 10.6 Å². The third-order valence-corrected chi connectivity index (χ3v) is 3.76. The zero-order valence-corrected chi connectivity index (χ0v) is 12.2. The van der Waals surface area contributed by atoms with Crippen LogP contribution in [0.3, 0.4) is 0 Å². The molecule has 0 aliphatic rings. The van der Waals surface area contributed by atoms with E-state index in [0.29, 0.717) is 11.4 Å². The number of aryl methyl sites for hydroxylation is 2. The summed E-state index contributed by atoms with van der Waals surface area (Å²) in [7, 11) is 0. The summed E-state index contributed by atoms with van der Waals surface area (Å²) in [5.74, 6) is -1.00.